The van der Waals surface area contributed by atoms with Crippen LogP contribution in [0.1, 0.15) is 21.5 Å². The summed E-state index contributed by atoms with van der Waals surface area (Å²) >= 11 is 0. The third kappa shape index (κ3) is 9.85. The standard InChI is InChI=1S/C27H29N5O8/c33-23-14-20(39-13-12-29-26(37)31-15-18-8-10-28-11-9-18)6-7-21(23)24(34)30-16-22(25(35)36)32-27(38)40-17-19-4-2-1-3-5-19/h1-11,14,22,33H,12-13,15-17H2,(H,30,34)(H,32,38)(H,35,36)(H2,29,31,37)/t22-/m0/s1. The third-order valence-electron chi connectivity index (χ3n) is 5.34. The number of alkyl carbamates (subject to hydrolysis) is 1. The van der Waals surface area contributed by atoms with Gasteiger partial charge >= 0.3 is 18.1 Å². The molecular weight excluding hydrogens is 522 g/mol. The minimum atomic E-state index is -1.47. The molecule has 6 N–H and O–H groups in total. The van der Waals surface area contributed by atoms with E-state index in [1.807, 2.05) is 0 Å². The summed E-state index contributed by atoms with van der Waals surface area (Å²) in [6.07, 6.45) is 2.30. The second-order valence-corrected chi connectivity index (χ2v) is 8.30. The molecule has 1 aromatic heterocycles. The molecule has 13 nitrogen and oxygen atoms in total. The van der Waals surface area contributed by atoms with Gasteiger partial charge in [-0.15, -0.1) is 0 Å². The summed E-state index contributed by atoms with van der Waals surface area (Å²) in [5, 5.41) is 29.5. The van der Waals surface area contributed by atoms with Crippen LogP contribution in [0.15, 0.2) is 73.1 Å². The topological polar surface area (TPSA) is 188 Å². The smallest absolute Gasteiger partial charge is 0.408 e. The molecule has 0 aliphatic carbocycles. The molecule has 2 aromatic carbocycles. The van der Waals surface area contributed by atoms with Gasteiger partial charge in [-0.25, -0.2) is 14.4 Å². The van der Waals surface area contributed by atoms with Crippen LogP contribution in [0.2, 0.25) is 0 Å². The van der Waals surface area contributed by atoms with Gasteiger partial charge in [-0.05, 0) is 35.4 Å². The number of carbonyl (C=O) groups excluding carboxylic acids is 3. The Bertz CT molecular complexity index is 1290. The third-order valence-corrected chi connectivity index (χ3v) is 5.34. The lowest BCUT2D eigenvalue weighted by atomic mass is 10.1. The van der Waals surface area contributed by atoms with E-state index in [1.165, 1.54) is 18.2 Å². The largest absolute Gasteiger partial charge is 0.507 e. The molecule has 1 heterocycles. The van der Waals surface area contributed by atoms with Gasteiger partial charge in [0.1, 0.15) is 30.8 Å². The Labute approximate surface area is 229 Å². The van der Waals surface area contributed by atoms with Crippen LogP contribution in [0.25, 0.3) is 0 Å². The highest BCUT2D eigenvalue weighted by atomic mass is 16.5. The Hall–Kier alpha value is -5.33. The number of nitrogens with one attached hydrogen (secondary N) is 4. The average molecular weight is 552 g/mol. The first-order valence-electron chi connectivity index (χ1n) is 12.2. The van der Waals surface area contributed by atoms with Crippen molar-refractivity contribution in [2.45, 2.75) is 19.2 Å². The second kappa shape index (κ2) is 15.2. The van der Waals surface area contributed by atoms with Crippen LogP contribution in [0.4, 0.5) is 9.59 Å². The van der Waals surface area contributed by atoms with E-state index in [2.05, 4.69) is 26.3 Å². The van der Waals surface area contributed by atoms with Crippen molar-refractivity contribution in [1.82, 2.24) is 26.3 Å². The van der Waals surface area contributed by atoms with E-state index in [0.29, 0.717) is 6.54 Å². The van der Waals surface area contributed by atoms with Gasteiger partial charge in [-0.2, -0.15) is 0 Å². The quantitative estimate of drug-likeness (QED) is 0.172. The van der Waals surface area contributed by atoms with Crippen molar-refractivity contribution in [1.29, 1.82) is 0 Å². The first kappa shape index (κ1) is 29.2. The summed E-state index contributed by atoms with van der Waals surface area (Å²) in [6.45, 7) is 0.112. The molecule has 210 valence electrons. The molecule has 1 atom stereocenters. The van der Waals surface area contributed by atoms with Crippen LogP contribution in [0, 0.1) is 0 Å². The molecule has 0 saturated heterocycles. The molecule has 0 aliphatic heterocycles. The molecule has 0 saturated carbocycles. The van der Waals surface area contributed by atoms with E-state index in [0.717, 1.165) is 11.1 Å². The van der Waals surface area contributed by atoms with E-state index in [-0.39, 0.29) is 37.1 Å². The number of hydrogen-bond acceptors (Lipinski definition) is 8. The predicted octanol–water partition coefficient (Wildman–Crippen LogP) is 1.77. The van der Waals surface area contributed by atoms with E-state index >= 15 is 0 Å². The molecule has 0 aliphatic rings. The Balaban J connectivity index is 1.39. The SMILES string of the molecule is O=C(NCCOc1ccc(C(=O)NC[C@H](NC(=O)OCc2ccccc2)C(=O)O)c(O)c1)NCc1ccncc1. The Morgan fingerprint density at radius 2 is 1.65 bits per heavy atom. The summed E-state index contributed by atoms with van der Waals surface area (Å²) in [4.78, 5) is 51.8. The van der Waals surface area contributed by atoms with Gasteiger partial charge in [0.05, 0.1) is 12.1 Å². The average Bonchev–Trinajstić information content (AvgIpc) is 2.96. The highest BCUT2D eigenvalue weighted by molar-refractivity contribution is 5.97. The molecular formula is C27H29N5O8. The van der Waals surface area contributed by atoms with Crippen LogP contribution >= 0.6 is 0 Å². The fourth-order valence-electron chi connectivity index (χ4n) is 3.27. The van der Waals surface area contributed by atoms with Crippen molar-refractivity contribution in [3.63, 3.8) is 0 Å². The second-order valence-electron chi connectivity index (χ2n) is 8.30. The van der Waals surface area contributed by atoms with E-state index < -0.39 is 36.3 Å². The van der Waals surface area contributed by atoms with E-state index in [1.54, 1.807) is 54.9 Å². The Morgan fingerprint density at radius 3 is 2.35 bits per heavy atom. The van der Waals surface area contributed by atoms with Crippen molar-refractivity contribution in [3.05, 3.63) is 89.7 Å². The monoisotopic (exact) mass is 551 g/mol. The van der Waals surface area contributed by atoms with Crippen LogP contribution < -0.4 is 26.0 Å². The molecule has 0 radical (unpaired) electrons. The van der Waals surface area contributed by atoms with Gasteiger partial charge in [0, 0.05) is 31.5 Å². The fourth-order valence-corrected chi connectivity index (χ4v) is 3.27. The van der Waals surface area contributed by atoms with Crippen molar-refractivity contribution in [2.24, 2.45) is 0 Å². The number of amides is 4. The van der Waals surface area contributed by atoms with Gasteiger partial charge in [0.15, 0.2) is 0 Å². The Morgan fingerprint density at radius 1 is 0.900 bits per heavy atom. The molecule has 3 rings (SSSR count). The molecule has 13 heteroatoms. The van der Waals surface area contributed by atoms with Gasteiger partial charge < -0.3 is 41.0 Å². The minimum absolute atomic E-state index is 0.0523. The number of hydrogen-bond donors (Lipinski definition) is 6. The summed E-state index contributed by atoms with van der Waals surface area (Å²) in [5.41, 5.74) is 1.49. The number of carboxylic acid groups (broad SMARTS) is 1. The highest BCUT2D eigenvalue weighted by Crippen LogP contribution is 2.23. The number of aromatic nitrogens is 1. The van der Waals surface area contributed by atoms with Crippen molar-refractivity contribution in [3.8, 4) is 11.5 Å². The number of phenols is 1. The van der Waals surface area contributed by atoms with Gasteiger partial charge in [0.25, 0.3) is 5.91 Å². The van der Waals surface area contributed by atoms with Crippen molar-refractivity contribution in [2.75, 3.05) is 19.7 Å². The zero-order valence-electron chi connectivity index (χ0n) is 21.3. The van der Waals surface area contributed by atoms with E-state index in [4.69, 9.17) is 9.47 Å². The first-order chi connectivity index (χ1) is 19.3. The van der Waals surface area contributed by atoms with Gasteiger partial charge in [-0.3, -0.25) is 9.78 Å². The fraction of sp³-hybridized carbons (Fsp3) is 0.222. The first-order valence-corrected chi connectivity index (χ1v) is 12.2. The molecule has 40 heavy (non-hydrogen) atoms. The number of nitrogens with zero attached hydrogens (tertiary/aromatic N) is 1. The minimum Gasteiger partial charge on any atom is -0.507 e. The molecule has 0 unspecified atom stereocenters. The summed E-state index contributed by atoms with van der Waals surface area (Å²) in [6, 6.07) is 14.5. The summed E-state index contributed by atoms with van der Waals surface area (Å²) in [7, 11) is 0. The maximum Gasteiger partial charge on any atom is 0.408 e. The van der Waals surface area contributed by atoms with Crippen LogP contribution in [0.3, 0.4) is 0 Å². The number of aliphatic carboxylic acids is 1. The number of carboxylic acids is 1. The highest BCUT2D eigenvalue weighted by Gasteiger charge is 2.22. The maximum atomic E-state index is 12.5. The number of aromatic hydroxyl groups is 1. The molecule has 4 amide bonds. The zero-order chi connectivity index (χ0) is 28.7. The number of rotatable bonds is 13. The zero-order valence-corrected chi connectivity index (χ0v) is 21.3. The van der Waals surface area contributed by atoms with Gasteiger partial charge in [0.2, 0.25) is 0 Å². The lowest BCUT2D eigenvalue weighted by molar-refractivity contribution is -0.139. The number of phenolic OH excluding ortho intramolecular Hbond substituents is 1. The number of urea groups is 1. The summed E-state index contributed by atoms with van der Waals surface area (Å²) < 4.78 is 10.5. The van der Waals surface area contributed by atoms with Crippen LogP contribution in [-0.2, 0) is 22.7 Å². The number of carbonyl (C=O) groups is 4. The molecule has 0 fully saturated rings. The van der Waals surface area contributed by atoms with Gasteiger partial charge in [-0.1, -0.05) is 30.3 Å². The molecule has 0 bridgehead atoms. The lowest BCUT2D eigenvalue weighted by Crippen LogP contribution is -2.48. The van der Waals surface area contributed by atoms with Crippen LogP contribution in [0.5, 0.6) is 11.5 Å². The Kier molecular flexibility index (Phi) is 11.1. The van der Waals surface area contributed by atoms with Crippen LogP contribution in [-0.4, -0.2) is 64.9 Å². The number of benzene rings is 2. The van der Waals surface area contributed by atoms with E-state index in [9.17, 15) is 29.4 Å². The maximum absolute atomic E-state index is 12.5. The summed E-state index contributed by atoms with van der Waals surface area (Å²) in [5.74, 6) is -2.30. The molecule has 0 spiro atoms. The lowest BCUT2D eigenvalue weighted by Gasteiger charge is -2.16. The van der Waals surface area contributed by atoms with Crippen molar-refractivity contribution < 1.29 is 38.9 Å². The number of pyridine rings is 1. The normalized spacial score (nSPS) is 11.0. The molecule has 3 aromatic rings. The predicted molar refractivity (Wildman–Crippen MR) is 142 cm³/mol. The number of ether oxygens (including phenoxy) is 2. The van der Waals surface area contributed by atoms with Crippen molar-refractivity contribution >= 4 is 24.0 Å².